The van der Waals surface area contributed by atoms with E-state index in [0.717, 1.165) is 19.4 Å². The van der Waals surface area contributed by atoms with Gasteiger partial charge < -0.3 is 4.98 Å². The first-order valence-electron chi connectivity index (χ1n) is 8.49. The molecule has 3 heteroatoms. The van der Waals surface area contributed by atoms with Crippen LogP contribution in [0.3, 0.4) is 0 Å². The van der Waals surface area contributed by atoms with Crippen LogP contribution in [0.25, 0.3) is 10.9 Å². The lowest BCUT2D eigenvalue weighted by atomic mass is 9.66. The highest BCUT2D eigenvalue weighted by Gasteiger charge is 2.47. The fourth-order valence-electron chi connectivity index (χ4n) is 4.83. The van der Waals surface area contributed by atoms with Crippen LogP contribution in [0.1, 0.15) is 49.9 Å². The van der Waals surface area contributed by atoms with Gasteiger partial charge in [-0.15, -0.1) is 0 Å². The summed E-state index contributed by atoms with van der Waals surface area (Å²) >= 11 is 0. The second-order valence-electron chi connectivity index (χ2n) is 6.91. The number of nitriles is 1. The van der Waals surface area contributed by atoms with Crippen molar-refractivity contribution in [1.29, 1.82) is 5.26 Å². The molecular weight excluding hydrogens is 270 g/mol. The fraction of sp³-hybridized carbons (Fsp3) is 0.526. The van der Waals surface area contributed by atoms with Gasteiger partial charge in [-0.1, -0.05) is 25.1 Å². The van der Waals surface area contributed by atoms with E-state index in [0.29, 0.717) is 12.5 Å². The molecule has 0 saturated carbocycles. The van der Waals surface area contributed by atoms with Crippen LogP contribution < -0.4 is 0 Å². The number of nitrogens with zero attached hydrogens (tertiary/aromatic N) is 2. The second-order valence-corrected chi connectivity index (χ2v) is 6.91. The highest BCUT2D eigenvalue weighted by molar-refractivity contribution is 5.85. The smallest absolute Gasteiger partial charge is 0.0628 e. The van der Waals surface area contributed by atoms with Gasteiger partial charge in [-0.25, -0.2) is 0 Å². The van der Waals surface area contributed by atoms with Gasteiger partial charge in [0.1, 0.15) is 0 Å². The number of hydrogen-bond acceptors (Lipinski definition) is 2. The Labute approximate surface area is 131 Å². The van der Waals surface area contributed by atoms with E-state index in [9.17, 15) is 5.26 Å². The highest BCUT2D eigenvalue weighted by atomic mass is 15.2. The van der Waals surface area contributed by atoms with Crippen molar-refractivity contribution < 1.29 is 0 Å². The van der Waals surface area contributed by atoms with E-state index in [1.165, 1.54) is 41.5 Å². The van der Waals surface area contributed by atoms with E-state index in [4.69, 9.17) is 0 Å². The van der Waals surface area contributed by atoms with Gasteiger partial charge >= 0.3 is 0 Å². The molecule has 1 saturated heterocycles. The number of nitrogens with one attached hydrogen (secondary N) is 1. The minimum Gasteiger partial charge on any atom is -0.357 e. The molecule has 3 nitrogen and oxygen atoms in total. The van der Waals surface area contributed by atoms with Crippen molar-refractivity contribution in [3.8, 4) is 6.07 Å². The first-order chi connectivity index (χ1) is 10.8. The number of para-hydroxylation sites is 1. The summed E-state index contributed by atoms with van der Waals surface area (Å²) in [5.41, 5.74) is 4.25. The van der Waals surface area contributed by atoms with E-state index in [-0.39, 0.29) is 5.41 Å². The minimum absolute atomic E-state index is 0.114. The monoisotopic (exact) mass is 293 g/mol. The SMILES string of the molecule is CC[C@]1(CC#N)CCCN2CCc3c([nH]c4ccccc34)[C@H]21. The topological polar surface area (TPSA) is 42.8 Å². The Kier molecular flexibility index (Phi) is 3.23. The molecule has 22 heavy (non-hydrogen) atoms. The van der Waals surface area contributed by atoms with E-state index in [1.54, 1.807) is 0 Å². The molecule has 0 bridgehead atoms. The van der Waals surface area contributed by atoms with Crippen molar-refractivity contribution in [2.24, 2.45) is 5.41 Å². The summed E-state index contributed by atoms with van der Waals surface area (Å²) in [7, 11) is 0. The van der Waals surface area contributed by atoms with Gasteiger partial charge in [-0.2, -0.15) is 5.26 Å². The molecule has 0 aliphatic carbocycles. The summed E-state index contributed by atoms with van der Waals surface area (Å²) in [5, 5.41) is 10.8. The molecule has 1 aromatic heterocycles. The molecule has 3 heterocycles. The third-order valence-electron chi connectivity index (χ3n) is 5.97. The molecule has 2 aromatic rings. The van der Waals surface area contributed by atoms with Gasteiger partial charge in [0, 0.05) is 35.0 Å². The lowest BCUT2D eigenvalue weighted by Gasteiger charge is -2.51. The largest absolute Gasteiger partial charge is 0.357 e. The molecule has 1 N–H and O–H groups in total. The average Bonchev–Trinajstić information content (AvgIpc) is 2.93. The number of H-pyrrole nitrogens is 1. The zero-order valence-electron chi connectivity index (χ0n) is 13.2. The van der Waals surface area contributed by atoms with Crippen LogP contribution in [0.2, 0.25) is 0 Å². The summed E-state index contributed by atoms with van der Waals surface area (Å²) in [6, 6.07) is 11.5. The van der Waals surface area contributed by atoms with Gasteiger partial charge in [-0.3, -0.25) is 4.90 Å². The Balaban J connectivity index is 1.90. The third-order valence-corrected chi connectivity index (χ3v) is 5.97. The number of piperidine rings is 1. The molecule has 0 radical (unpaired) electrons. The van der Waals surface area contributed by atoms with Crippen molar-refractivity contribution in [1.82, 2.24) is 9.88 Å². The third kappa shape index (κ3) is 1.84. The van der Waals surface area contributed by atoms with Gasteiger partial charge in [-0.05, 0) is 43.9 Å². The van der Waals surface area contributed by atoms with E-state index in [1.807, 2.05) is 0 Å². The van der Waals surface area contributed by atoms with Crippen molar-refractivity contribution in [3.05, 3.63) is 35.5 Å². The maximum absolute atomic E-state index is 9.41. The quantitative estimate of drug-likeness (QED) is 0.903. The van der Waals surface area contributed by atoms with Crippen LogP contribution in [0.5, 0.6) is 0 Å². The Morgan fingerprint density at radius 2 is 2.23 bits per heavy atom. The van der Waals surface area contributed by atoms with Crippen LogP contribution in [-0.2, 0) is 6.42 Å². The Morgan fingerprint density at radius 3 is 3.05 bits per heavy atom. The summed E-state index contributed by atoms with van der Waals surface area (Å²) in [5.74, 6) is 0. The molecule has 1 fully saturated rings. The van der Waals surface area contributed by atoms with Crippen LogP contribution in [0, 0.1) is 16.7 Å². The van der Waals surface area contributed by atoms with E-state index in [2.05, 4.69) is 47.1 Å². The Morgan fingerprint density at radius 1 is 1.36 bits per heavy atom. The first-order valence-corrected chi connectivity index (χ1v) is 8.49. The molecule has 2 aliphatic heterocycles. The zero-order chi connectivity index (χ0) is 15.2. The first kappa shape index (κ1) is 13.8. The predicted octanol–water partition coefficient (Wildman–Crippen LogP) is 4.17. The molecule has 1 aromatic carbocycles. The Hall–Kier alpha value is -1.79. The molecule has 4 rings (SSSR count). The van der Waals surface area contributed by atoms with Gasteiger partial charge in [0.15, 0.2) is 0 Å². The molecular formula is C19H23N3. The molecule has 0 unspecified atom stereocenters. The second kappa shape index (κ2) is 5.14. The molecule has 2 atom stereocenters. The standard InChI is InChI=1S/C19H23N3/c1-2-19(10-11-20)9-5-12-22-13-8-15-14-6-3-4-7-16(14)21-17(15)18(19)22/h3-4,6-7,18,21H,2,5,8-10,12-13H2,1H3/t18-,19+/m0/s1. The van der Waals surface area contributed by atoms with E-state index >= 15 is 0 Å². The van der Waals surface area contributed by atoms with E-state index < -0.39 is 0 Å². The minimum atomic E-state index is 0.114. The molecule has 114 valence electrons. The number of aromatic amines is 1. The maximum Gasteiger partial charge on any atom is 0.0628 e. The summed E-state index contributed by atoms with van der Waals surface area (Å²) in [6.45, 7) is 4.57. The average molecular weight is 293 g/mol. The van der Waals surface area contributed by atoms with Crippen LogP contribution in [-0.4, -0.2) is 23.0 Å². The van der Waals surface area contributed by atoms with Gasteiger partial charge in [0.2, 0.25) is 0 Å². The van der Waals surface area contributed by atoms with Crippen molar-refractivity contribution in [3.63, 3.8) is 0 Å². The normalized spacial score (nSPS) is 28.1. The molecule has 0 spiro atoms. The number of aromatic nitrogens is 1. The van der Waals surface area contributed by atoms with Crippen molar-refractivity contribution >= 4 is 10.9 Å². The lowest BCUT2D eigenvalue weighted by molar-refractivity contribution is 0.00174. The van der Waals surface area contributed by atoms with Gasteiger partial charge in [0.25, 0.3) is 0 Å². The summed E-state index contributed by atoms with van der Waals surface area (Å²) in [6.07, 6.45) is 5.27. The number of rotatable bonds is 2. The maximum atomic E-state index is 9.41. The number of hydrogen-bond donors (Lipinski definition) is 1. The molecule has 2 aliphatic rings. The van der Waals surface area contributed by atoms with Crippen molar-refractivity contribution in [2.45, 2.75) is 45.1 Å². The highest BCUT2D eigenvalue weighted by Crippen LogP contribution is 2.53. The summed E-state index contributed by atoms with van der Waals surface area (Å²) in [4.78, 5) is 6.34. The predicted molar refractivity (Wildman–Crippen MR) is 88.5 cm³/mol. The zero-order valence-corrected chi connectivity index (χ0v) is 13.2. The molecule has 0 amide bonds. The number of benzene rings is 1. The van der Waals surface area contributed by atoms with Crippen LogP contribution in [0.4, 0.5) is 0 Å². The van der Waals surface area contributed by atoms with Crippen LogP contribution >= 0.6 is 0 Å². The lowest BCUT2D eigenvalue weighted by Crippen LogP contribution is -2.49. The fourth-order valence-corrected chi connectivity index (χ4v) is 4.83. The van der Waals surface area contributed by atoms with Crippen molar-refractivity contribution in [2.75, 3.05) is 13.1 Å². The number of fused-ring (bicyclic) bond motifs is 5. The van der Waals surface area contributed by atoms with Gasteiger partial charge in [0.05, 0.1) is 12.1 Å². The van der Waals surface area contributed by atoms with Crippen LogP contribution in [0.15, 0.2) is 24.3 Å². The summed E-state index contributed by atoms with van der Waals surface area (Å²) < 4.78 is 0. The Bertz CT molecular complexity index is 739.